The lowest BCUT2D eigenvalue weighted by Gasteiger charge is -2.28. The fourth-order valence-corrected chi connectivity index (χ4v) is 6.50. The van der Waals surface area contributed by atoms with Crippen LogP contribution in [0.1, 0.15) is 44.2 Å². The number of ether oxygens (including phenoxy) is 3. The smallest absolute Gasteiger partial charge is 0.222 e. The fraction of sp³-hybridized carbons (Fsp3) is 0.355. The summed E-state index contributed by atoms with van der Waals surface area (Å²) < 4.78 is 46.3. The quantitative estimate of drug-likeness (QED) is 0.196. The molecule has 0 spiro atoms. The first-order valence-electron chi connectivity index (χ1n) is 13.2. The lowest BCUT2D eigenvalue weighted by Crippen LogP contribution is -2.37. The standard InChI is InChI=1S/C31H38N2O5S/c1-7-30(32(4)19-17-23-11-16-28(36-5)29(20-23)37-6)38-25-12-14-26(15-13-25)39(34,35)31-27(22(2)3)21-24-10-8-9-18-33(24)31/h8-16,18,20-22,30H,7,17,19H2,1-6H3. The number of hydrogen-bond donors (Lipinski definition) is 0. The van der Waals surface area contributed by atoms with Crippen molar-refractivity contribution in [2.75, 3.05) is 27.8 Å². The van der Waals surface area contributed by atoms with E-state index in [2.05, 4.69) is 11.8 Å². The van der Waals surface area contributed by atoms with E-state index in [1.807, 2.05) is 63.4 Å². The van der Waals surface area contributed by atoms with Crippen LogP contribution in [0.15, 0.2) is 82.8 Å². The lowest BCUT2D eigenvalue weighted by molar-refractivity contribution is 0.0427. The zero-order valence-corrected chi connectivity index (χ0v) is 24.4. The maximum Gasteiger partial charge on any atom is 0.222 e. The third-order valence-corrected chi connectivity index (χ3v) is 8.82. The average molecular weight is 551 g/mol. The first-order chi connectivity index (χ1) is 18.7. The molecule has 0 amide bonds. The highest BCUT2D eigenvalue weighted by atomic mass is 32.2. The number of benzene rings is 2. The zero-order valence-electron chi connectivity index (χ0n) is 23.5. The van der Waals surface area contributed by atoms with Crippen molar-refractivity contribution in [3.63, 3.8) is 0 Å². The SMILES string of the molecule is CCC(Oc1ccc(S(=O)(=O)c2c(C(C)C)cc3ccccn23)cc1)N(C)CCc1ccc(OC)c(OC)c1. The predicted octanol–water partition coefficient (Wildman–Crippen LogP) is 6.20. The van der Waals surface area contributed by atoms with Crippen LogP contribution in [0.3, 0.4) is 0 Å². The summed E-state index contributed by atoms with van der Waals surface area (Å²) in [5.41, 5.74) is 2.81. The summed E-state index contributed by atoms with van der Waals surface area (Å²) in [5.74, 6) is 2.12. The van der Waals surface area contributed by atoms with Gasteiger partial charge in [-0.25, -0.2) is 8.42 Å². The number of likely N-dealkylation sites (N-methyl/N-ethyl adjacent to an activating group) is 1. The molecule has 0 saturated heterocycles. The van der Waals surface area contributed by atoms with Crippen LogP contribution >= 0.6 is 0 Å². The van der Waals surface area contributed by atoms with Crippen molar-refractivity contribution < 1.29 is 22.6 Å². The van der Waals surface area contributed by atoms with Gasteiger partial charge in [-0.1, -0.05) is 32.9 Å². The monoisotopic (exact) mass is 550 g/mol. The summed E-state index contributed by atoms with van der Waals surface area (Å²) in [7, 11) is 1.55. The molecule has 7 nitrogen and oxygen atoms in total. The van der Waals surface area contributed by atoms with Crippen LogP contribution in [-0.2, 0) is 16.3 Å². The van der Waals surface area contributed by atoms with E-state index in [0.717, 1.165) is 36.0 Å². The third kappa shape index (κ3) is 6.07. The Kier molecular flexibility index (Phi) is 8.87. The maximum absolute atomic E-state index is 13.8. The Labute approximate surface area is 231 Å². The predicted molar refractivity (Wildman–Crippen MR) is 154 cm³/mol. The van der Waals surface area contributed by atoms with Gasteiger partial charge in [-0.15, -0.1) is 0 Å². The maximum atomic E-state index is 13.8. The van der Waals surface area contributed by atoms with Gasteiger partial charge in [-0.3, -0.25) is 4.90 Å². The molecule has 2 aromatic carbocycles. The Morgan fingerprint density at radius 3 is 2.28 bits per heavy atom. The van der Waals surface area contributed by atoms with Crippen LogP contribution in [0.2, 0.25) is 0 Å². The first kappa shape index (κ1) is 28.5. The number of pyridine rings is 1. The molecule has 2 aromatic heterocycles. The van der Waals surface area contributed by atoms with Gasteiger partial charge in [0.2, 0.25) is 9.84 Å². The van der Waals surface area contributed by atoms with Crippen LogP contribution in [0.25, 0.3) is 5.52 Å². The summed E-state index contributed by atoms with van der Waals surface area (Å²) in [4.78, 5) is 2.40. The van der Waals surface area contributed by atoms with Gasteiger partial charge in [0.25, 0.3) is 0 Å². The van der Waals surface area contributed by atoms with E-state index in [-0.39, 0.29) is 17.0 Å². The fourth-order valence-electron chi connectivity index (χ4n) is 4.75. The number of methoxy groups -OCH3 is 2. The zero-order chi connectivity index (χ0) is 28.2. The van der Waals surface area contributed by atoms with Crippen molar-refractivity contribution in [1.29, 1.82) is 0 Å². The van der Waals surface area contributed by atoms with Gasteiger partial charge in [-0.05, 0) is 91.5 Å². The van der Waals surface area contributed by atoms with Crippen molar-refractivity contribution in [1.82, 2.24) is 9.30 Å². The van der Waals surface area contributed by atoms with Crippen molar-refractivity contribution in [2.45, 2.75) is 55.7 Å². The van der Waals surface area contributed by atoms with E-state index < -0.39 is 9.84 Å². The van der Waals surface area contributed by atoms with E-state index in [9.17, 15) is 8.42 Å². The Hall–Kier alpha value is -3.49. The molecule has 0 fully saturated rings. The molecule has 2 heterocycles. The molecule has 39 heavy (non-hydrogen) atoms. The first-order valence-corrected chi connectivity index (χ1v) is 14.7. The molecule has 0 bridgehead atoms. The minimum atomic E-state index is -3.74. The molecule has 0 aliphatic rings. The Morgan fingerprint density at radius 1 is 0.923 bits per heavy atom. The third-order valence-electron chi connectivity index (χ3n) is 6.99. The van der Waals surface area contributed by atoms with Crippen LogP contribution in [0.5, 0.6) is 17.2 Å². The molecular formula is C31H38N2O5S. The summed E-state index contributed by atoms with van der Waals surface area (Å²) in [5, 5.41) is 0.322. The molecule has 1 unspecified atom stereocenters. The van der Waals surface area contributed by atoms with E-state index in [1.54, 1.807) is 49.1 Å². The highest BCUT2D eigenvalue weighted by molar-refractivity contribution is 7.91. The summed E-state index contributed by atoms with van der Waals surface area (Å²) in [6.07, 6.45) is 3.23. The molecular weight excluding hydrogens is 512 g/mol. The molecule has 8 heteroatoms. The normalized spacial score (nSPS) is 12.7. The lowest BCUT2D eigenvalue weighted by atomic mass is 10.1. The second kappa shape index (κ2) is 12.1. The van der Waals surface area contributed by atoms with Crippen molar-refractivity contribution in [3.8, 4) is 17.2 Å². The minimum absolute atomic E-state index is 0.0668. The molecule has 0 aliphatic carbocycles. The molecule has 0 aliphatic heterocycles. The molecule has 0 N–H and O–H groups in total. The van der Waals surface area contributed by atoms with Crippen molar-refractivity contribution in [2.24, 2.45) is 0 Å². The summed E-state index contributed by atoms with van der Waals surface area (Å²) in [6.45, 7) is 6.87. The van der Waals surface area contributed by atoms with E-state index in [0.29, 0.717) is 22.3 Å². The molecule has 1 atom stereocenters. The summed E-state index contributed by atoms with van der Waals surface area (Å²) in [6, 6.07) is 20.3. The number of sulfone groups is 1. The van der Waals surface area contributed by atoms with Crippen molar-refractivity contribution in [3.05, 3.63) is 84.1 Å². The Bertz CT molecular complexity index is 1510. The van der Waals surface area contributed by atoms with Gasteiger partial charge in [0, 0.05) is 18.3 Å². The van der Waals surface area contributed by atoms with E-state index in [4.69, 9.17) is 14.2 Å². The van der Waals surface area contributed by atoms with Gasteiger partial charge in [-0.2, -0.15) is 0 Å². The molecule has 4 rings (SSSR count). The number of nitrogens with zero attached hydrogens (tertiary/aromatic N) is 2. The number of hydrogen-bond acceptors (Lipinski definition) is 6. The van der Waals surface area contributed by atoms with Crippen LogP contribution < -0.4 is 14.2 Å². The Morgan fingerprint density at radius 2 is 1.64 bits per heavy atom. The van der Waals surface area contributed by atoms with Gasteiger partial charge < -0.3 is 18.6 Å². The molecule has 0 radical (unpaired) electrons. The highest BCUT2D eigenvalue weighted by Crippen LogP contribution is 2.33. The number of rotatable bonds is 12. The van der Waals surface area contributed by atoms with E-state index >= 15 is 0 Å². The topological polar surface area (TPSA) is 69.5 Å². The molecule has 4 aromatic rings. The van der Waals surface area contributed by atoms with Crippen LogP contribution in [0, 0.1) is 0 Å². The number of aromatic nitrogens is 1. The van der Waals surface area contributed by atoms with Crippen LogP contribution in [-0.4, -0.2) is 51.8 Å². The molecule has 208 valence electrons. The molecule has 0 saturated carbocycles. The van der Waals surface area contributed by atoms with Gasteiger partial charge in [0.1, 0.15) is 10.8 Å². The number of fused-ring (bicyclic) bond motifs is 1. The van der Waals surface area contributed by atoms with Gasteiger partial charge in [0.15, 0.2) is 17.7 Å². The van der Waals surface area contributed by atoms with Crippen LogP contribution in [0.4, 0.5) is 0 Å². The Balaban J connectivity index is 1.48. The van der Waals surface area contributed by atoms with E-state index in [1.165, 1.54) is 0 Å². The summed E-state index contributed by atoms with van der Waals surface area (Å²) >= 11 is 0. The van der Waals surface area contributed by atoms with Crippen molar-refractivity contribution >= 4 is 15.4 Å². The van der Waals surface area contributed by atoms with Gasteiger partial charge in [0.05, 0.1) is 19.1 Å². The average Bonchev–Trinajstić information content (AvgIpc) is 3.36. The second-order valence-corrected chi connectivity index (χ2v) is 11.8. The highest BCUT2D eigenvalue weighted by Gasteiger charge is 2.27. The largest absolute Gasteiger partial charge is 0.493 e. The minimum Gasteiger partial charge on any atom is -0.493 e. The second-order valence-electron chi connectivity index (χ2n) is 9.93. The van der Waals surface area contributed by atoms with Gasteiger partial charge >= 0.3 is 0 Å².